The van der Waals surface area contributed by atoms with E-state index in [9.17, 15) is 9.59 Å². The summed E-state index contributed by atoms with van der Waals surface area (Å²) in [6.45, 7) is 5.26. The zero-order valence-electron chi connectivity index (χ0n) is 13.8. The standard InChI is InChI=1S/C17H21N3O4/c1-11(2)16-18-9-13(19-16)17(22)20-5-7-23-10-12(20)8-14(21)15-4-3-6-24-15/h3-4,6,9,11-12H,5,7-8,10H2,1-2H3,(H,18,19)/t12-/m0/s1. The molecule has 0 aromatic carbocycles. The lowest BCUT2D eigenvalue weighted by molar-refractivity contribution is -0.00331. The summed E-state index contributed by atoms with van der Waals surface area (Å²) in [6.07, 6.45) is 3.19. The second-order valence-electron chi connectivity index (χ2n) is 6.17. The Morgan fingerprint density at radius 2 is 2.29 bits per heavy atom. The summed E-state index contributed by atoms with van der Waals surface area (Å²) < 4.78 is 10.6. The molecule has 1 N–H and O–H groups in total. The Morgan fingerprint density at radius 3 is 2.96 bits per heavy atom. The number of aromatic amines is 1. The summed E-state index contributed by atoms with van der Waals surface area (Å²) in [5.74, 6) is 0.995. The quantitative estimate of drug-likeness (QED) is 0.849. The van der Waals surface area contributed by atoms with Crippen molar-refractivity contribution in [3.05, 3.63) is 41.9 Å². The molecule has 1 saturated heterocycles. The minimum Gasteiger partial charge on any atom is -0.461 e. The fourth-order valence-corrected chi connectivity index (χ4v) is 2.74. The van der Waals surface area contributed by atoms with Crippen molar-refractivity contribution in [2.45, 2.75) is 32.2 Å². The molecule has 7 nitrogen and oxygen atoms in total. The molecule has 128 valence electrons. The molecule has 3 heterocycles. The van der Waals surface area contributed by atoms with Gasteiger partial charge in [-0.05, 0) is 12.1 Å². The van der Waals surface area contributed by atoms with Crippen LogP contribution in [0.1, 0.15) is 53.1 Å². The normalized spacial score (nSPS) is 18.1. The molecule has 1 atom stereocenters. The van der Waals surface area contributed by atoms with Crippen LogP contribution in [-0.4, -0.2) is 52.4 Å². The van der Waals surface area contributed by atoms with Crippen molar-refractivity contribution in [2.75, 3.05) is 19.8 Å². The molecule has 0 spiro atoms. The van der Waals surface area contributed by atoms with E-state index in [2.05, 4.69) is 9.97 Å². The zero-order valence-corrected chi connectivity index (χ0v) is 13.8. The highest BCUT2D eigenvalue weighted by molar-refractivity contribution is 5.95. The average molecular weight is 331 g/mol. The highest BCUT2D eigenvalue weighted by Crippen LogP contribution is 2.18. The first kappa shape index (κ1) is 16.4. The Hall–Kier alpha value is -2.41. The van der Waals surface area contributed by atoms with Crippen LogP contribution in [0.15, 0.2) is 29.0 Å². The number of carbonyl (C=O) groups excluding carboxylic acids is 2. The molecule has 1 aliphatic heterocycles. The first-order valence-electron chi connectivity index (χ1n) is 8.06. The summed E-state index contributed by atoms with van der Waals surface area (Å²) in [5, 5.41) is 0. The largest absolute Gasteiger partial charge is 0.461 e. The lowest BCUT2D eigenvalue weighted by Gasteiger charge is -2.34. The number of nitrogens with one attached hydrogen (secondary N) is 1. The van der Waals surface area contributed by atoms with E-state index < -0.39 is 0 Å². The van der Waals surface area contributed by atoms with E-state index in [1.54, 1.807) is 23.2 Å². The number of imidazole rings is 1. The second kappa shape index (κ2) is 7.00. The molecule has 0 aliphatic carbocycles. The molecule has 24 heavy (non-hydrogen) atoms. The summed E-state index contributed by atoms with van der Waals surface area (Å²) in [7, 11) is 0. The first-order chi connectivity index (χ1) is 11.6. The number of H-pyrrole nitrogens is 1. The Balaban J connectivity index is 1.73. The maximum Gasteiger partial charge on any atom is 0.272 e. The molecular formula is C17H21N3O4. The third-order valence-electron chi connectivity index (χ3n) is 4.08. The topological polar surface area (TPSA) is 88.4 Å². The van der Waals surface area contributed by atoms with Crippen molar-refractivity contribution in [3.63, 3.8) is 0 Å². The van der Waals surface area contributed by atoms with Crippen molar-refractivity contribution < 1.29 is 18.7 Å². The zero-order chi connectivity index (χ0) is 17.1. The van der Waals surface area contributed by atoms with Gasteiger partial charge >= 0.3 is 0 Å². The smallest absolute Gasteiger partial charge is 0.272 e. The van der Waals surface area contributed by atoms with Crippen molar-refractivity contribution in [1.29, 1.82) is 0 Å². The third-order valence-corrected chi connectivity index (χ3v) is 4.08. The number of aromatic nitrogens is 2. The van der Waals surface area contributed by atoms with E-state index in [1.165, 1.54) is 6.26 Å². The van der Waals surface area contributed by atoms with Gasteiger partial charge in [0.1, 0.15) is 11.5 Å². The van der Waals surface area contributed by atoms with Gasteiger partial charge in [-0.15, -0.1) is 0 Å². The van der Waals surface area contributed by atoms with E-state index in [4.69, 9.17) is 9.15 Å². The Bertz CT molecular complexity index is 705. The predicted octanol–water partition coefficient (Wildman–Crippen LogP) is 2.24. The average Bonchev–Trinajstić information content (AvgIpc) is 3.26. The Morgan fingerprint density at radius 1 is 1.46 bits per heavy atom. The number of ketones is 1. The molecule has 0 radical (unpaired) electrons. The van der Waals surface area contributed by atoms with Gasteiger partial charge in [-0.25, -0.2) is 4.98 Å². The lowest BCUT2D eigenvalue weighted by atomic mass is 10.1. The minimum absolute atomic E-state index is 0.138. The third kappa shape index (κ3) is 3.41. The molecule has 7 heteroatoms. The number of furan rings is 1. The van der Waals surface area contributed by atoms with Crippen LogP contribution < -0.4 is 0 Å². The van der Waals surface area contributed by atoms with Crippen LogP contribution in [0, 0.1) is 0 Å². The second-order valence-corrected chi connectivity index (χ2v) is 6.17. The highest BCUT2D eigenvalue weighted by Gasteiger charge is 2.31. The molecule has 1 fully saturated rings. The van der Waals surface area contributed by atoms with Gasteiger partial charge in [0.25, 0.3) is 5.91 Å². The number of carbonyl (C=O) groups is 2. The summed E-state index contributed by atoms with van der Waals surface area (Å²) in [4.78, 5) is 34.0. The van der Waals surface area contributed by atoms with Crippen LogP contribution in [0.3, 0.4) is 0 Å². The molecule has 2 aromatic heterocycles. The van der Waals surface area contributed by atoms with Gasteiger partial charge in [0, 0.05) is 18.9 Å². The fourth-order valence-electron chi connectivity index (χ4n) is 2.74. The summed E-state index contributed by atoms with van der Waals surface area (Å²) in [6, 6.07) is 2.99. The number of nitrogens with zero attached hydrogens (tertiary/aromatic N) is 2. The lowest BCUT2D eigenvalue weighted by Crippen LogP contribution is -2.49. The first-order valence-corrected chi connectivity index (χ1v) is 8.06. The van der Waals surface area contributed by atoms with E-state index >= 15 is 0 Å². The SMILES string of the molecule is CC(C)c1ncc(C(=O)N2CCOC[C@@H]2CC(=O)c2ccco2)[nH]1. The van der Waals surface area contributed by atoms with Crippen molar-refractivity contribution in [2.24, 2.45) is 0 Å². The fraction of sp³-hybridized carbons (Fsp3) is 0.471. The van der Waals surface area contributed by atoms with Gasteiger partial charge in [-0.2, -0.15) is 0 Å². The number of amides is 1. The van der Waals surface area contributed by atoms with E-state index in [1.807, 2.05) is 13.8 Å². The van der Waals surface area contributed by atoms with Crippen molar-refractivity contribution in [1.82, 2.24) is 14.9 Å². The number of hydrogen-bond acceptors (Lipinski definition) is 5. The van der Waals surface area contributed by atoms with Crippen LogP contribution in [0.25, 0.3) is 0 Å². The minimum atomic E-state index is -0.311. The Labute approximate surface area is 140 Å². The molecular weight excluding hydrogens is 310 g/mol. The highest BCUT2D eigenvalue weighted by atomic mass is 16.5. The van der Waals surface area contributed by atoms with E-state index in [0.717, 1.165) is 5.82 Å². The van der Waals surface area contributed by atoms with Crippen molar-refractivity contribution >= 4 is 11.7 Å². The van der Waals surface area contributed by atoms with Gasteiger partial charge in [0.05, 0.1) is 31.7 Å². The number of hydrogen-bond donors (Lipinski definition) is 1. The number of morpholine rings is 1. The predicted molar refractivity (Wildman–Crippen MR) is 86.0 cm³/mol. The van der Waals surface area contributed by atoms with Crippen LogP contribution in [-0.2, 0) is 4.74 Å². The van der Waals surface area contributed by atoms with Crippen molar-refractivity contribution in [3.8, 4) is 0 Å². The maximum atomic E-state index is 12.8. The van der Waals surface area contributed by atoms with Gasteiger partial charge in [0.15, 0.2) is 11.5 Å². The van der Waals surface area contributed by atoms with E-state index in [-0.39, 0.29) is 30.1 Å². The van der Waals surface area contributed by atoms with Gasteiger partial charge in [-0.3, -0.25) is 9.59 Å². The van der Waals surface area contributed by atoms with E-state index in [0.29, 0.717) is 31.2 Å². The van der Waals surface area contributed by atoms with Crippen LogP contribution in [0.5, 0.6) is 0 Å². The van der Waals surface area contributed by atoms with Gasteiger partial charge < -0.3 is 19.0 Å². The maximum absolute atomic E-state index is 12.8. The molecule has 3 rings (SSSR count). The molecule has 2 aromatic rings. The van der Waals surface area contributed by atoms with Gasteiger partial charge in [0.2, 0.25) is 0 Å². The number of rotatable bonds is 5. The van der Waals surface area contributed by atoms with Crippen LogP contribution in [0.2, 0.25) is 0 Å². The van der Waals surface area contributed by atoms with Gasteiger partial charge in [-0.1, -0.05) is 13.8 Å². The monoisotopic (exact) mass is 331 g/mol. The molecule has 0 unspecified atom stereocenters. The molecule has 1 amide bonds. The van der Waals surface area contributed by atoms with Crippen LogP contribution >= 0.6 is 0 Å². The number of ether oxygens (including phenoxy) is 1. The molecule has 1 aliphatic rings. The number of Topliss-reactive ketones (excluding diaryl/α,β-unsaturated/α-hetero) is 1. The Kier molecular flexibility index (Phi) is 4.80. The summed E-state index contributed by atoms with van der Waals surface area (Å²) >= 11 is 0. The van der Waals surface area contributed by atoms with Crippen LogP contribution in [0.4, 0.5) is 0 Å². The molecule has 0 bridgehead atoms. The summed E-state index contributed by atoms with van der Waals surface area (Å²) in [5.41, 5.74) is 0.441. The molecule has 0 saturated carbocycles.